The van der Waals surface area contributed by atoms with Gasteiger partial charge in [0.25, 0.3) is 0 Å². The number of rotatable bonds is 8. The van der Waals surface area contributed by atoms with Gasteiger partial charge in [0, 0.05) is 31.7 Å². The molecule has 0 amide bonds. The molecule has 0 aliphatic carbocycles. The minimum atomic E-state index is 0.495. The molecule has 0 saturated carbocycles. The average Bonchev–Trinajstić information content (AvgIpc) is 3.19. The summed E-state index contributed by atoms with van der Waals surface area (Å²) in [6.45, 7) is 14.6. The maximum atomic E-state index is 5.65. The monoisotopic (exact) mass is 411 g/mol. The Morgan fingerprint density at radius 1 is 1.27 bits per heavy atom. The molecule has 2 heterocycles. The van der Waals surface area contributed by atoms with Crippen molar-refractivity contribution in [1.29, 1.82) is 0 Å². The highest BCUT2D eigenvalue weighted by atomic mass is 16.3. The van der Waals surface area contributed by atoms with E-state index in [2.05, 4.69) is 60.3 Å². The van der Waals surface area contributed by atoms with Crippen LogP contribution in [0.3, 0.4) is 0 Å². The van der Waals surface area contributed by atoms with Gasteiger partial charge in [0.1, 0.15) is 12.0 Å². The third-order valence-corrected chi connectivity index (χ3v) is 5.38. The first-order valence-electron chi connectivity index (χ1n) is 11.3. The number of aliphatic imine (C=N–C) groups is 1. The Hall–Kier alpha value is -2.34. The number of piperidine rings is 1. The molecule has 1 saturated heterocycles. The van der Waals surface area contributed by atoms with Crippen LogP contribution in [0.15, 0.2) is 39.9 Å². The second-order valence-corrected chi connectivity index (χ2v) is 8.75. The van der Waals surface area contributed by atoms with Crippen molar-refractivity contribution in [2.75, 3.05) is 32.7 Å². The van der Waals surface area contributed by atoms with Crippen molar-refractivity contribution in [2.24, 2.45) is 16.8 Å². The summed E-state index contributed by atoms with van der Waals surface area (Å²) in [4.78, 5) is 11.9. The van der Waals surface area contributed by atoms with Crippen LogP contribution < -0.4 is 10.6 Å². The molecule has 1 atom stereocenters. The van der Waals surface area contributed by atoms with E-state index >= 15 is 0 Å². The molecule has 1 aromatic carbocycles. The third kappa shape index (κ3) is 6.87. The molecular formula is C24H37N5O. The SMILES string of the molecule is CCNC(=NCc1coc(-c2ccc(C)cc2)n1)NCC1CCCN(CC(C)C)C1. The number of benzene rings is 1. The Bertz CT molecular complexity index is 796. The number of aromatic nitrogens is 1. The van der Waals surface area contributed by atoms with Crippen molar-refractivity contribution in [3.05, 3.63) is 41.8 Å². The fraction of sp³-hybridized carbons (Fsp3) is 0.583. The van der Waals surface area contributed by atoms with Gasteiger partial charge < -0.3 is 20.0 Å². The van der Waals surface area contributed by atoms with Crippen molar-refractivity contribution >= 4 is 5.96 Å². The molecule has 6 heteroatoms. The number of oxazole rings is 1. The molecule has 0 spiro atoms. The molecule has 0 bridgehead atoms. The molecule has 1 aromatic heterocycles. The van der Waals surface area contributed by atoms with Crippen molar-refractivity contribution in [3.8, 4) is 11.5 Å². The summed E-state index contributed by atoms with van der Waals surface area (Å²) >= 11 is 0. The van der Waals surface area contributed by atoms with Crippen LogP contribution in [-0.4, -0.2) is 48.6 Å². The highest BCUT2D eigenvalue weighted by Crippen LogP contribution is 2.19. The quantitative estimate of drug-likeness (QED) is 0.506. The Labute approximate surface area is 181 Å². The summed E-state index contributed by atoms with van der Waals surface area (Å²) in [7, 11) is 0. The fourth-order valence-electron chi connectivity index (χ4n) is 3.95. The van der Waals surface area contributed by atoms with E-state index in [9.17, 15) is 0 Å². The number of likely N-dealkylation sites (tertiary alicyclic amines) is 1. The van der Waals surface area contributed by atoms with Crippen LogP contribution in [0.1, 0.15) is 44.9 Å². The lowest BCUT2D eigenvalue weighted by Crippen LogP contribution is -2.45. The second-order valence-electron chi connectivity index (χ2n) is 8.75. The minimum absolute atomic E-state index is 0.495. The lowest BCUT2D eigenvalue weighted by molar-refractivity contribution is 0.159. The van der Waals surface area contributed by atoms with E-state index in [0.29, 0.717) is 18.4 Å². The summed E-state index contributed by atoms with van der Waals surface area (Å²) in [5.41, 5.74) is 3.05. The van der Waals surface area contributed by atoms with Crippen LogP contribution >= 0.6 is 0 Å². The van der Waals surface area contributed by atoms with E-state index in [1.807, 2.05) is 12.1 Å². The van der Waals surface area contributed by atoms with Crippen molar-refractivity contribution in [1.82, 2.24) is 20.5 Å². The zero-order valence-corrected chi connectivity index (χ0v) is 18.9. The molecule has 6 nitrogen and oxygen atoms in total. The Kier molecular flexibility index (Phi) is 8.31. The van der Waals surface area contributed by atoms with Gasteiger partial charge in [0.15, 0.2) is 5.96 Å². The predicted octanol–water partition coefficient (Wildman–Crippen LogP) is 4.07. The van der Waals surface area contributed by atoms with Crippen LogP contribution in [0.2, 0.25) is 0 Å². The van der Waals surface area contributed by atoms with Crippen LogP contribution in [0.5, 0.6) is 0 Å². The number of nitrogens with one attached hydrogen (secondary N) is 2. The van der Waals surface area contributed by atoms with Crippen molar-refractivity contribution in [2.45, 2.75) is 47.1 Å². The highest BCUT2D eigenvalue weighted by molar-refractivity contribution is 5.79. The molecule has 1 aliphatic rings. The molecule has 3 rings (SSSR count). The van der Waals surface area contributed by atoms with Crippen LogP contribution in [-0.2, 0) is 6.54 Å². The summed E-state index contributed by atoms with van der Waals surface area (Å²) in [5, 5.41) is 6.88. The van der Waals surface area contributed by atoms with Gasteiger partial charge in [-0.15, -0.1) is 0 Å². The van der Waals surface area contributed by atoms with Gasteiger partial charge in [-0.25, -0.2) is 9.98 Å². The molecule has 0 radical (unpaired) electrons. The lowest BCUT2D eigenvalue weighted by Gasteiger charge is -2.34. The summed E-state index contributed by atoms with van der Waals surface area (Å²) in [5.74, 6) is 2.88. The molecule has 164 valence electrons. The second kappa shape index (κ2) is 11.2. The van der Waals surface area contributed by atoms with Crippen LogP contribution in [0, 0.1) is 18.8 Å². The highest BCUT2D eigenvalue weighted by Gasteiger charge is 2.20. The van der Waals surface area contributed by atoms with E-state index in [0.717, 1.165) is 36.2 Å². The molecule has 1 aliphatic heterocycles. The Balaban J connectivity index is 1.54. The smallest absolute Gasteiger partial charge is 0.226 e. The summed E-state index contributed by atoms with van der Waals surface area (Å²) in [6, 6.07) is 8.20. The molecule has 2 N–H and O–H groups in total. The zero-order chi connectivity index (χ0) is 21.3. The fourth-order valence-corrected chi connectivity index (χ4v) is 3.95. The maximum absolute atomic E-state index is 5.65. The normalized spacial score (nSPS) is 18.0. The molecule has 1 fully saturated rings. The summed E-state index contributed by atoms with van der Waals surface area (Å²) in [6.07, 6.45) is 4.27. The minimum Gasteiger partial charge on any atom is -0.444 e. The lowest BCUT2D eigenvalue weighted by atomic mass is 9.97. The topological polar surface area (TPSA) is 65.7 Å². The molecule has 1 unspecified atom stereocenters. The maximum Gasteiger partial charge on any atom is 0.226 e. The molecule has 2 aromatic rings. The van der Waals surface area contributed by atoms with E-state index in [1.54, 1.807) is 6.26 Å². The van der Waals surface area contributed by atoms with E-state index in [-0.39, 0.29) is 0 Å². The van der Waals surface area contributed by atoms with Gasteiger partial charge in [-0.05, 0) is 57.2 Å². The van der Waals surface area contributed by atoms with Gasteiger partial charge >= 0.3 is 0 Å². The number of hydrogen-bond donors (Lipinski definition) is 2. The van der Waals surface area contributed by atoms with E-state index < -0.39 is 0 Å². The van der Waals surface area contributed by atoms with Crippen molar-refractivity contribution in [3.63, 3.8) is 0 Å². The Morgan fingerprint density at radius 3 is 2.80 bits per heavy atom. The number of nitrogens with zero attached hydrogens (tertiary/aromatic N) is 3. The van der Waals surface area contributed by atoms with Gasteiger partial charge in [-0.2, -0.15) is 0 Å². The van der Waals surface area contributed by atoms with Crippen LogP contribution in [0.25, 0.3) is 11.5 Å². The Morgan fingerprint density at radius 2 is 2.07 bits per heavy atom. The van der Waals surface area contributed by atoms with E-state index in [1.165, 1.54) is 38.0 Å². The average molecular weight is 412 g/mol. The number of hydrogen-bond acceptors (Lipinski definition) is 4. The van der Waals surface area contributed by atoms with Crippen molar-refractivity contribution < 1.29 is 4.42 Å². The largest absolute Gasteiger partial charge is 0.444 e. The predicted molar refractivity (Wildman–Crippen MR) is 123 cm³/mol. The van der Waals surface area contributed by atoms with E-state index in [4.69, 9.17) is 9.41 Å². The first-order chi connectivity index (χ1) is 14.5. The number of aryl methyl sites for hydroxylation is 1. The number of guanidine groups is 1. The van der Waals surface area contributed by atoms with Gasteiger partial charge in [-0.1, -0.05) is 31.5 Å². The molecular weight excluding hydrogens is 374 g/mol. The first kappa shape index (κ1) is 22.3. The van der Waals surface area contributed by atoms with Gasteiger partial charge in [0.2, 0.25) is 5.89 Å². The standard InChI is InChI=1S/C24H37N5O/c1-5-25-24(26-13-20-7-6-12-29(16-20)15-18(2)3)27-14-22-17-30-23(28-22)21-10-8-19(4)9-11-21/h8-11,17-18,20H,5-7,12-16H2,1-4H3,(H2,25,26,27). The first-order valence-corrected chi connectivity index (χ1v) is 11.3. The summed E-state index contributed by atoms with van der Waals surface area (Å²) < 4.78 is 5.65. The van der Waals surface area contributed by atoms with Gasteiger partial charge in [-0.3, -0.25) is 0 Å². The molecule has 30 heavy (non-hydrogen) atoms. The third-order valence-electron chi connectivity index (χ3n) is 5.38. The van der Waals surface area contributed by atoms with Crippen LogP contribution in [0.4, 0.5) is 0 Å². The van der Waals surface area contributed by atoms with Gasteiger partial charge in [0.05, 0.1) is 6.54 Å². The zero-order valence-electron chi connectivity index (χ0n) is 18.9.